The topological polar surface area (TPSA) is 41.9 Å². The van der Waals surface area contributed by atoms with Crippen molar-refractivity contribution in [3.63, 3.8) is 0 Å². The first-order valence-corrected chi connectivity index (χ1v) is 13.6. The molecule has 1 atom stereocenters. The fraction of sp³-hybridized carbons (Fsp3) is 0.520. The lowest BCUT2D eigenvalue weighted by atomic mass is 9.78. The van der Waals surface area contributed by atoms with Gasteiger partial charge in [0.15, 0.2) is 0 Å². The van der Waals surface area contributed by atoms with Crippen LogP contribution >= 0.6 is 39.3 Å². The first-order chi connectivity index (χ1) is 15.4. The first kappa shape index (κ1) is 25.7. The predicted octanol–water partition coefficient (Wildman–Crippen LogP) is 5.57. The number of rotatable bonds is 11. The first-order valence-electron chi connectivity index (χ1n) is 11.1. The summed E-state index contributed by atoms with van der Waals surface area (Å²) in [4.78, 5) is 2.53. The molecule has 1 heterocycles. The third-order valence-electron chi connectivity index (χ3n) is 5.83. The highest BCUT2D eigenvalue weighted by Gasteiger charge is 2.24. The van der Waals surface area contributed by atoms with Crippen LogP contribution in [0, 0.1) is 0 Å². The van der Waals surface area contributed by atoms with Gasteiger partial charge in [-0.25, -0.2) is 0 Å². The SMILES string of the molecule is CC(C)(c1ccc(OCCCN2CCSCC2)cc1)c1ccc(OC[C@@H](O)CCl)c(Br)c1. The van der Waals surface area contributed by atoms with Gasteiger partial charge in [-0.2, -0.15) is 11.8 Å². The van der Waals surface area contributed by atoms with Gasteiger partial charge in [0.25, 0.3) is 0 Å². The van der Waals surface area contributed by atoms with Crippen LogP contribution in [0.5, 0.6) is 11.5 Å². The zero-order valence-electron chi connectivity index (χ0n) is 18.9. The van der Waals surface area contributed by atoms with Crippen LogP contribution < -0.4 is 9.47 Å². The van der Waals surface area contributed by atoms with Crippen molar-refractivity contribution in [3.8, 4) is 11.5 Å². The van der Waals surface area contributed by atoms with Crippen LogP contribution in [0.4, 0.5) is 0 Å². The quantitative estimate of drug-likeness (QED) is 0.297. The average molecular weight is 543 g/mol. The molecule has 32 heavy (non-hydrogen) atoms. The Morgan fingerprint density at radius 3 is 2.44 bits per heavy atom. The summed E-state index contributed by atoms with van der Waals surface area (Å²) < 4.78 is 12.5. The van der Waals surface area contributed by atoms with Crippen LogP contribution in [0.25, 0.3) is 0 Å². The Morgan fingerprint density at radius 1 is 1.09 bits per heavy atom. The molecule has 0 unspecified atom stereocenters. The van der Waals surface area contributed by atoms with Gasteiger partial charge < -0.3 is 19.5 Å². The Bertz CT molecular complexity index is 844. The van der Waals surface area contributed by atoms with Crippen LogP contribution in [0.1, 0.15) is 31.4 Å². The number of aliphatic hydroxyl groups excluding tert-OH is 1. The number of halogens is 2. The molecule has 4 nitrogen and oxygen atoms in total. The zero-order chi connectivity index (χ0) is 23.0. The maximum absolute atomic E-state index is 9.61. The van der Waals surface area contributed by atoms with Crippen LogP contribution in [-0.4, -0.2) is 66.3 Å². The normalized spacial score (nSPS) is 16.0. The summed E-state index contributed by atoms with van der Waals surface area (Å²) in [5, 5.41) is 9.61. The van der Waals surface area contributed by atoms with Crippen LogP contribution in [0.15, 0.2) is 46.9 Å². The molecule has 7 heteroatoms. The Kier molecular flexibility index (Phi) is 10.1. The molecule has 0 bridgehead atoms. The summed E-state index contributed by atoms with van der Waals surface area (Å²) in [5.74, 6) is 4.27. The van der Waals surface area contributed by atoms with Gasteiger partial charge in [-0.05, 0) is 57.7 Å². The standard InChI is InChI=1S/C25H33BrClNO3S/c1-25(2,20-6-9-24(23(26)16-20)31-18-21(29)17-27)19-4-7-22(8-5-19)30-13-3-10-28-11-14-32-15-12-28/h4-9,16,21,29H,3,10-15,17-18H2,1-2H3/t21-/m0/s1. The van der Waals surface area contributed by atoms with E-state index >= 15 is 0 Å². The van der Waals surface area contributed by atoms with Crippen molar-refractivity contribution in [2.24, 2.45) is 0 Å². The van der Waals surface area contributed by atoms with E-state index in [1.165, 1.54) is 35.7 Å². The molecule has 0 aromatic heterocycles. The molecule has 0 saturated carbocycles. The third-order valence-corrected chi connectivity index (χ3v) is 7.75. The number of hydrogen-bond acceptors (Lipinski definition) is 5. The second-order valence-electron chi connectivity index (χ2n) is 8.57. The molecular formula is C25H33BrClNO3S. The van der Waals surface area contributed by atoms with Crippen LogP contribution in [-0.2, 0) is 5.41 Å². The average Bonchev–Trinajstić information content (AvgIpc) is 2.81. The van der Waals surface area contributed by atoms with E-state index in [4.69, 9.17) is 21.1 Å². The largest absolute Gasteiger partial charge is 0.494 e. The van der Waals surface area contributed by atoms with E-state index < -0.39 is 6.10 Å². The second kappa shape index (κ2) is 12.5. The minimum atomic E-state index is -0.677. The summed E-state index contributed by atoms with van der Waals surface area (Å²) in [6, 6.07) is 14.5. The van der Waals surface area contributed by atoms with Gasteiger partial charge in [-0.1, -0.05) is 32.0 Å². The molecule has 0 radical (unpaired) electrons. The minimum absolute atomic E-state index is 0.153. The Morgan fingerprint density at radius 2 is 1.78 bits per heavy atom. The highest BCUT2D eigenvalue weighted by atomic mass is 79.9. The van der Waals surface area contributed by atoms with Crippen LogP contribution in [0.2, 0.25) is 0 Å². The van der Waals surface area contributed by atoms with Crippen molar-refractivity contribution in [1.29, 1.82) is 0 Å². The van der Waals surface area contributed by atoms with E-state index in [0.717, 1.165) is 29.8 Å². The number of aliphatic hydroxyl groups is 1. The Labute approximate surface area is 209 Å². The molecular weight excluding hydrogens is 510 g/mol. The Hall–Kier alpha value is -0.920. The summed E-state index contributed by atoms with van der Waals surface area (Å²) in [6.45, 7) is 8.85. The summed E-state index contributed by atoms with van der Waals surface area (Å²) in [7, 11) is 0. The lowest BCUT2D eigenvalue weighted by molar-refractivity contribution is 0.125. The molecule has 176 valence electrons. The van der Waals surface area contributed by atoms with E-state index in [1.54, 1.807) is 0 Å². The van der Waals surface area contributed by atoms with Crippen molar-refractivity contribution in [3.05, 3.63) is 58.1 Å². The van der Waals surface area contributed by atoms with E-state index in [-0.39, 0.29) is 17.9 Å². The van der Waals surface area contributed by atoms with Gasteiger partial charge in [-0.3, -0.25) is 0 Å². The zero-order valence-corrected chi connectivity index (χ0v) is 22.0. The number of alkyl halides is 1. The molecule has 2 aromatic carbocycles. The minimum Gasteiger partial charge on any atom is -0.494 e. The molecule has 2 aromatic rings. The van der Waals surface area contributed by atoms with Gasteiger partial charge in [0.1, 0.15) is 24.2 Å². The van der Waals surface area contributed by atoms with E-state index in [2.05, 4.69) is 71.1 Å². The van der Waals surface area contributed by atoms with E-state index in [9.17, 15) is 5.11 Å². The number of thioether (sulfide) groups is 1. The molecule has 0 amide bonds. The second-order valence-corrected chi connectivity index (χ2v) is 11.0. The molecule has 1 saturated heterocycles. The third kappa shape index (κ3) is 7.29. The monoisotopic (exact) mass is 541 g/mol. The fourth-order valence-electron chi connectivity index (χ4n) is 3.67. The summed E-state index contributed by atoms with van der Waals surface area (Å²) in [5.41, 5.74) is 2.21. The number of nitrogens with zero attached hydrogens (tertiary/aromatic N) is 1. The van der Waals surface area contributed by atoms with Gasteiger partial charge in [0.2, 0.25) is 0 Å². The van der Waals surface area contributed by atoms with Crippen molar-refractivity contribution < 1.29 is 14.6 Å². The lowest BCUT2D eigenvalue weighted by Gasteiger charge is -2.27. The molecule has 1 N–H and O–H groups in total. The predicted molar refractivity (Wildman–Crippen MR) is 139 cm³/mol. The van der Waals surface area contributed by atoms with Crippen molar-refractivity contribution in [2.45, 2.75) is 31.8 Å². The lowest BCUT2D eigenvalue weighted by Crippen LogP contribution is -2.33. The van der Waals surface area contributed by atoms with Crippen molar-refractivity contribution in [2.75, 3.05) is 50.2 Å². The van der Waals surface area contributed by atoms with Crippen LogP contribution in [0.3, 0.4) is 0 Å². The smallest absolute Gasteiger partial charge is 0.133 e. The summed E-state index contributed by atoms with van der Waals surface area (Å²) in [6.07, 6.45) is 0.381. The fourth-order valence-corrected chi connectivity index (χ4v) is 5.24. The Balaban J connectivity index is 1.55. The molecule has 0 aliphatic carbocycles. The molecule has 1 aliphatic rings. The number of benzene rings is 2. The van der Waals surface area contributed by atoms with Crippen molar-refractivity contribution >= 4 is 39.3 Å². The van der Waals surface area contributed by atoms with E-state index in [1.807, 2.05) is 17.8 Å². The highest BCUT2D eigenvalue weighted by Crippen LogP contribution is 2.36. The number of ether oxygens (including phenoxy) is 2. The molecule has 1 aliphatic heterocycles. The van der Waals surface area contributed by atoms with E-state index in [0.29, 0.717) is 5.75 Å². The summed E-state index contributed by atoms with van der Waals surface area (Å²) >= 11 is 11.3. The highest BCUT2D eigenvalue weighted by molar-refractivity contribution is 9.10. The van der Waals surface area contributed by atoms with Gasteiger partial charge in [-0.15, -0.1) is 11.6 Å². The maximum Gasteiger partial charge on any atom is 0.133 e. The van der Waals surface area contributed by atoms with Gasteiger partial charge in [0.05, 0.1) is 17.0 Å². The molecule has 3 rings (SSSR count). The molecule has 0 spiro atoms. The van der Waals surface area contributed by atoms with Gasteiger partial charge >= 0.3 is 0 Å². The van der Waals surface area contributed by atoms with Gasteiger partial charge in [0, 0.05) is 36.6 Å². The van der Waals surface area contributed by atoms with Crippen molar-refractivity contribution in [1.82, 2.24) is 4.90 Å². The number of hydrogen-bond donors (Lipinski definition) is 1. The molecule has 1 fully saturated rings. The maximum atomic E-state index is 9.61.